The summed E-state index contributed by atoms with van der Waals surface area (Å²) in [5, 5.41) is 0. The van der Waals surface area contributed by atoms with Crippen LogP contribution in [-0.4, -0.2) is 26.4 Å². The maximum atomic E-state index is 5.71. The molecule has 0 radical (unpaired) electrons. The number of methoxy groups -OCH3 is 1. The molecule has 2 N–H and O–H groups in total. The van der Waals surface area contributed by atoms with E-state index in [0.29, 0.717) is 24.7 Å². The van der Waals surface area contributed by atoms with Gasteiger partial charge in [0.15, 0.2) is 0 Å². The van der Waals surface area contributed by atoms with Gasteiger partial charge in [0.05, 0.1) is 19.4 Å². The van der Waals surface area contributed by atoms with Gasteiger partial charge < -0.3 is 19.9 Å². The van der Waals surface area contributed by atoms with Gasteiger partial charge in [-0.15, -0.1) is 0 Å². The normalized spacial score (nSPS) is 12.2. The van der Waals surface area contributed by atoms with Crippen molar-refractivity contribution in [3.63, 3.8) is 0 Å². The van der Waals surface area contributed by atoms with Gasteiger partial charge in [0.25, 0.3) is 0 Å². The summed E-state index contributed by atoms with van der Waals surface area (Å²) in [4.78, 5) is 0. The number of nitrogen functional groups attached to an aromatic ring is 1. The van der Waals surface area contributed by atoms with Gasteiger partial charge in [-0.05, 0) is 26.0 Å². The number of nitrogens with two attached hydrogens (primary N) is 1. The highest BCUT2D eigenvalue weighted by Gasteiger charge is 2.06. The summed E-state index contributed by atoms with van der Waals surface area (Å²) >= 11 is 0. The molecule has 0 aromatic heterocycles. The average molecular weight is 225 g/mol. The Morgan fingerprint density at radius 1 is 1.38 bits per heavy atom. The summed E-state index contributed by atoms with van der Waals surface area (Å²) in [6.45, 7) is 5.18. The number of rotatable bonds is 6. The lowest BCUT2D eigenvalue weighted by Crippen LogP contribution is -2.19. The van der Waals surface area contributed by atoms with E-state index in [1.165, 1.54) is 0 Å². The van der Waals surface area contributed by atoms with Crippen molar-refractivity contribution in [1.29, 1.82) is 0 Å². The maximum Gasteiger partial charge on any atom is 0.145 e. The third kappa shape index (κ3) is 3.62. The van der Waals surface area contributed by atoms with Crippen molar-refractivity contribution >= 4 is 5.69 Å². The minimum Gasteiger partial charge on any atom is -0.494 e. The third-order valence-corrected chi connectivity index (χ3v) is 2.10. The average Bonchev–Trinajstić information content (AvgIpc) is 2.29. The fourth-order valence-electron chi connectivity index (χ4n) is 1.31. The first-order valence-electron chi connectivity index (χ1n) is 5.35. The lowest BCUT2D eigenvalue weighted by atomic mass is 10.3. The highest BCUT2D eigenvalue weighted by molar-refractivity contribution is 5.55. The summed E-state index contributed by atoms with van der Waals surface area (Å²) in [5.41, 5.74) is 6.31. The third-order valence-electron chi connectivity index (χ3n) is 2.10. The zero-order valence-electron chi connectivity index (χ0n) is 10.0. The zero-order valence-corrected chi connectivity index (χ0v) is 10.0. The molecular formula is C12H19NO3. The predicted molar refractivity (Wildman–Crippen MR) is 64.0 cm³/mol. The van der Waals surface area contributed by atoms with Gasteiger partial charge in [0.2, 0.25) is 0 Å². The van der Waals surface area contributed by atoms with Crippen LogP contribution in [0.1, 0.15) is 13.8 Å². The number of hydrogen-bond donors (Lipinski definition) is 1. The molecule has 0 aliphatic heterocycles. The molecule has 1 rings (SSSR count). The molecule has 4 nitrogen and oxygen atoms in total. The second kappa shape index (κ2) is 6.23. The highest BCUT2D eigenvalue weighted by Crippen LogP contribution is 2.26. The summed E-state index contributed by atoms with van der Waals surface area (Å²) in [6.07, 6.45) is 0.00767. The highest BCUT2D eigenvalue weighted by atomic mass is 16.5. The second-order valence-electron chi connectivity index (χ2n) is 3.49. The van der Waals surface area contributed by atoms with E-state index in [-0.39, 0.29) is 6.10 Å². The van der Waals surface area contributed by atoms with E-state index in [1.807, 2.05) is 19.9 Å². The molecule has 0 heterocycles. The minimum absolute atomic E-state index is 0.00767. The predicted octanol–water partition coefficient (Wildman–Crippen LogP) is 2.08. The van der Waals surface area contributed by atoms with Crippen molar-refractivity contribution in [3.05, 3.63) is 18.2 Å². The molecule has 0 aliphatic carbocycles. The van der Waals surface area contributed by atoms with E-state index in [2.05, 4.69) is 0 Å². The summed E-state index contributed by atoms with van der Waals surface area (Å²) < 4.78 is 16.0. The lowest BCUT2D eigenvalue weighted by molar-refractivity contribution is 0.0656. The molecular weight excluding hydrogens is 206 g/mol. The molecule has 1 aromatic rings. The van der Waals surface area contributed by atoms with Crippen LogP contribution in [0.15, 0.2) is 18.2 Å². The number of benzene rings is 1. The quantitative estimate of drug-likeness (QED) is 0.753. The van der Waals surface area contributed by atoms with E-state index >= 15 is 0 Å². The van der Waals surface area contributed by atoms with Crippen LogP contribution in [-0.2, 0) is 4.74 Å². The van der Waals surface area contributed by atoms with Crippen molar-refractivity contribution in [2.75, 3.05) is 26.1 Å². The molecule has 0 fully saturated rings. The van der Waals surface area contributed by atoms with Crippen molar-refractivity contribution in [1.82, 2.24) is 0 Å². The molecule has 0 saturated carbocycles. The fourth-order valence-corrected chi connectivity index (χ4v) is 1.31. The van der Waals surface area contributed by atoms with Crippen LogP contribution in [0, 0.1) is 0 Å². The first kappa shape index (κ1) is 12.6. The fraction of sp³-hybridized carbons (Fsp3) is 0.500. The summed E-state index contributed by atoms with van der Waals surface area (Å²) in [7, 11) is 1.58. The topological polar surface area (TPSA) is 53.7 Å². The van der Waals surface area contributed by atoms with Crippen molar-refractivity contribution in [2.24, 2.45) is 0 Å². The van der Waals surface area contributed by atoms with E-state index in [9.17, 15) is 0 Å². The van der Waals surface area contributed by atoms with Crippen LogP contribution in [0.5, 0.6) is 11.5 Å². The molecule has 0 amide bonds. The van der Waals surface area contributed by atoms with Crippen molar-refractivity contribution in [2.45, 2.75) is 20.0 Å². The van der Waals surface area contributed by atoms with Gasteiger partial charge in [-0.1, -0.05) is 0 Å². The van der Waals surface area contributed by atoms with Crippen LogP contribution in [0.4, 0.5) is 5.69 Å². The molecule has 4 heteroatoms. The minimum atomic E-state index is 0.00767. The molecule has 90 valence electrons. The van der Waals surface area contributed by atoms with Crippen molar-refractivity contribution < 1.29 is 14.2 Å². The molecule has 1 aromatic carbocycles. The Morgan fingerprint density at radius 3 is 2.75 bits per heavy atom. The van der Waals surface area contributed by atoms with Crippen LogP contribution in [0.3, 0.4) is 0 Å². The standard InChI is InChI=1S/C12H19NO3/c1-4-15-8-9(2)16-10-5-6-11(13)12(7-10)14-3/h5-7,9H,4,8,13H2,1-3H3. The zero-order chi connectivity index (χ0) is 12.0. The van der Waals surface area contributed by atoms with E-state index in [1.54, 1.807) is 19.2 Å². The first-order chi connectivity index (χ1) is 7.67. The van der Waals surface area contributed by atoms with E-state index in [4.69, 9.17) is 19.9 Å². The number of anilines is 1. The van der Waals surface area contributed by atoms with Gasteiger partial charge in [-0.2, -0.15) is 0 Å². The molecule has 1 unspecified atom stereocenters. The Bertz CT molecular complexity index is 328. The lowest BCUT2D eigenvalue weighted by Gasteiger charge is -2.15. The SMILES string of the molecule is CCOCC(C)Oc1ccc(N)c(OC)c1. The molecule has 0 aliphatic rings. The molecule has 16 heavy (non-hydrogen) atoms. The summed E-state index contributed by atoms with van der Waals surface area (Å²) in [5.74, 6) is 1.36. The molecule has 1 atom stereocenters. The molecule has 0 saturated heterocycles. The van der Waals surface area contributed by atoms with Gasteiger partial charge >= 0.3 is 0 Å². The second-order valence-corrected chi connectivity index (χ2v) is 3.49. The van der Waals surface area contributed by atoms with Gasteiger partial charge in [0, 0.05) is 12.7 Å². The molecule has 0 spiro atoms. The summed E-state index contributed by atoms with van der Waals surface area (Å²) in [6, 6.07) is 5.36. The largest absolute Gasteiger partial charge is 0.494 e. The van der Waals surface area contributed by atoms with E-state index in [0.717, 1.165) is 5.75 Å². The number of hydrogen-bond acceptors (Lipinski definition) is 4. The Kier molecular flexibility index (Phi) is 4.92. The van der Waals surface area contributed by atoms with Crippen LogP contribution >= 0.6 is 0 Å². The molecule has 0 bridgehead atoms. The Morgan fingerprint density at radius 2 is 2.12 bits per heavy atom. The Labute approximate surface area is 96.3 Å². The van der Waals surface area contributed by atoms with Crippen LogP contribution < -0.4 is 15.2 Å². The van der Waals surface area contributed by atoms with Crippen molar-refractivity contribution in [3.8, 4) is 11.5 Å². The Hall–Kier alpha value is -1.42. The smallest absolute Gasteiger partial charge is 0.145 e. The van der Waals surface area contributed by atoms with Crippen LogP contribution in [0.25, 0.3) is 0 Å². The maximum absolute atomic E-state index is 5.71. The van der Waals surface area contributed by atoms with E-state index < -0.39 is 0 Å². The number of ether oxygens (including phenoxy) is 3. The van der Waals surface area contributed by atoms with Gasteiger partial charge in [0.1, 0.15) is 17.6 Å². The Balaban J connectivity index is 2.59. The van der Waals surface area contributed by atoms with Gasteiger partial charge in [-0.25, -0.2) is 0 Å². The van der Waals surface area contributed by atoms with Gasteiger partial charge in [-0.3, -0.25) is 0 Å². The first-order valence-corrected chi connectivity index (χ1v) is 5.35. The van der Waals surface area contributed by atoms with Crippen LogP contribution in [0.2, 0.25) is 0 Å². The monoisotopic (exact) mass is 225 g/mol.